The lowest BCUT2D eigenvalue weighted by Gasteiger charge is -2.27. The van der Waals surface area contributed by atoms with Crippen LogP contribution >= 0.6 is 0 Å². The summed E-state index contributed by atoms with van der Waals surface area (Å²) < 4.78 is 10.7. The topological polar surface area (TPSA) is 42.7 Å². The van der Waals surface area contributed by atoms with Gasteiger partial charge in [0.25, 0.3) is 0 Å². The third kappa shape index (κ3) is 2.70. The number of rotatable bonds is 1. The molecular formula is C13H17NO3. The summed E-state index contributed by atoms with van der Waals surface area (Å²) >= 11 is 0. The molecule has 0 aliphatic carbocycles. The van der Waals surface area contributed by atoms with Crippen LogP contribution in [0.3, 0.4) is 0 Å². The number of nitrogens with zero attached hydrogens (tertiary/aromatic N) is 1. The molecule has 4 heteroatoms. The summed E-state index contributed by atoms with van der Waals surface area (Å²) in [4.78, 5) is 13.6. The van der Waals surface area contributed by atoms with E-state index < -0.39 is 5.60 Å². The lowest BCUT2D eigenvalue weighted by atomic mass is 10.2. The normalized spacial score (nSPS) is 19.7. The molecule has 0 aromatic carbocycles. The molecule has 1 aromatic rings. The summed E-state index contributed by atoms with van der Waals surface area (Å²) in [6.07, 6.45) is 5.18. The average molecular weight is 235 g/mol. The highest BCUT2D eigenvalue weighted by Crippen LogP contribution is 2.28. The highest BCUT2D eigenvalue weighted by molar-refractivity contribution is 5.70. The zero-order valence-electron chi connectivity index (χ0n) is 10.3. The van der Waals surface area contributed by atoms with Gasteiger partial charge in [-0.05, 0) is 32.9 Å². The zero-order valence-corrected chi connectivity index (χ0v) is 10.3. The lowest BCUT2D eigenvalue weighted by molar-refractivity contribution is 0.0226. The van der Waals surface area contributed by atoms with Crippen molar-refractivity contribution >= 4 is 6.09 Å². The van der Waals surface area contributed by atoms with Gasteiger partial charge in [-0.15, -0.1) is 0 Å². The zero-order chi connectivity index (χ0) is 12.5. The molecule has 1 atom stereocenters. The number of carbonyl (C=O) groups excluding carboxylic acids is 1. The Kier molecular flexibility index (Phi) is 2.96. The minimum absolute atomic E-state index is 0.153. The lowest BCUT2D eigenvalue weighted by Crippen LogP contribution is -2.36. The van der Waals surface area contributed by atoms with Gasteiger partial charge < -0.3 is 9.15 Å². The quantitative estimate of drug-likeness (QED) is 0.702. The average Bonchev–Trinajstić information content (AvgIpc) is 2.85. The van der Waals surface area contributed by atoms with Crippen LogP contribution in [0.2, 0.25) is 0 Å². The Morgan fingerprint density at radius 3 is 2.88 bits per heavy atom. The number of amides is 1. The number of ether oxygens (including phenoxy) is 1. The number of furan rings is 1. The summed E-state index contributed by atoms with van der Waals surface area (Å²) in [6, 6.07) is 3.52. The predicted octanol–water partition coefficient (Wildman–Crippen LogP) is 3.13. The van der Waals surface area contributed by atoms with Crippen LogP contribution in [0, 0.1) is 0 Å². The van der Waals surface area contributed by atoms with Crippen LogP contribution in [0.25, 0.3) is 0 Å². The molecule has 1 aliphatic heterocycles. The van der Waals surface area contributed by atoms with Crippen molar-refractivity contribution in [3.63, 3.8) is 0 Å². The molecule has 4 nitrogen and oxygen atoms in total. The van der Waals surface area contributed by atoms with E-state index in [1.165, 1.54) is 0 Å². The Balaban J connectivity index is 2.09. The van der Waals surface area contributed by atoms with Crippen molar-refractivity contribution in [3.05, 3.63) is 36.3 Å². The van der Waals surface area contributed by atoms with Crippen molar-refractivity contribution in [1.82, 2.24) is 4.90 Å². The van der Waals surface area contributed by atoms with E-state index in [0.29, 0.717) is 6.54 Å². The molecule has 1 aliphatic rings. The van der Waals surface area contributed by atoms with Gasteiger partial charge in [-0.1, -0.05) is 12.2 Å². The molecular weight excluding hydrogens is 218 g/mol. The SMILES string of the molecule is CC(C)(C)OC(=O)N1CC=C[C@H]1c1ccco1. The summed E-state index contributed by atoms with van der Waals surface area (Å²) in [7, 11) is 0. The van der Waals surface area contributed by atoms with Gasteiger partial charge in [-0.3, -0.25) is 4.90 Å². The molecule has 92 valence electrons. The summed E-state index contributed by atoms with van der Waals surface area (Å²) in [6.45, 7) is 6.13. The molecule has 0 N–H and O–H groups in total. The molecule has 2 rings (SSSR count). The van der Waals surface area contributed by atoms with Gasteiger partial charge in [-0.2, -0.15) is 0 Å². The van der Waals surface area contributed by atoms with Crippen molar-refractivity contribution in [3.8, 4) is 0 Å². The second kappa shape index (κ2) is 4.28. The van der Waals surface area contributed by atoms with Crippen LogP contribution in [0.15, 0.2) is 35.0 Å². The van der Waals surface area contributed by atoms with Crippen molar-refractivity contribution in [2.24, 2.45) is 0 Å². The van der Waals surface area contributed by atoms with Crippen molar-refractivity contribution in [2.45, 2.75) is 32.4 Å². The minimum Gasteiger partial charge on any atom is -0.467 e. The molecule has 0 saturated carbocycles. The number of carbonyl (C=O) groups is 1. The van der Waals surface area contributed by atoms with Crippen molar-refractivity contribution < 1.29 is 13.9 Å². The van der Waals surface area contributed by atoms with E-state index in [2.05, 4.69) is 0 Å². The van der Waals surface area contributed by atoms with Gasteiger partial charge in [0.1, 0.15) is 17.4 Å². The predicted molar refractivity (Wildman–Crippen MR) is 63.5 cm³/mol. The van der Waals surface area contributed by atoms with Gasteiger partial charge in [0.15, 0.2) is 0 Å². The monoisotopic (exact) mass is 235 g/mol. The first-order chi connectivity index (χ1) is 7.97. The maximum Gasteiger partial charge on any atom is 0.411 e. The molecule has 0 fully saturated rings. The Morgan fingerprint density at radius 2 is 2.29 bits per heavy atom. The molecule has 0 bridgehead atoms. The second-order valence-electron chi connectivity index (χ2n) is 5.02. The second-order valence-corrected chi connectivity index (χ2v) is 5.02. The maximum absolute atomic E-state index is 12.0. The van der Waals surface area contributed by atoms with Gasteiger partial charge in [-0.25, -0.2) is 4.79 Å². The standard InChI is InChI=1S/C13H17NO3/c1-13(2,3)17-12(15)14-8-4-6-10(14)11-7-5-9-16-11/h4-7,9-10H,8H2,1-3H3/t10-/m0/s1. The Labute approximate surface area is 101 Å². The van der Waals surface area contributed by atoms with Crippen LogP contribution in [0.5, 0.6) is 0 Å². The van der Waals surface area contributed by atoms with Gasteiger partial charge in [0, 0.05) is 6.54 Å². The Morgan fingerprint density at radius 1 is 1.53 bits per heavy atom. The molecule has 0 unspecified atom stereocenters. The Hall–Kier alpha value is -1.71. The maximum atomic E-state index is 12.0. The molecule has 0 radical (unpaired) electrons. The fraction of sp³-hybridized carbons (Fsp3) is 0.462. The largest absolute Gasteiger partial charge is 0.467 e. The first kappa shape index (κ1) is 11.8. The van der Waals surface area contributed by atoms with Gasteiger partial charge >= 0.3 is 6.09 Å². The first-order valence-corrected chi connectivity index (χ1v) is 5.67. The van der Waals surface area contributed by atoms with Crippen molar-refractivity contribution in [2.75, 3.05) is 6.54 Å². The smallest absolute Gasteiger partial charge is 0.411 e. The summed E-state index contributed by atoms with van der Waals surface area (Å²) in [5.74, 6) is 0.754. The molecule has 0 saturated heterocycles. The molecule has 17 heavy (non-hydrogen) atoms. The van der Waals surface area contributed by atoms with E-state index in [1.54, 1.807) is 11.2 Å². The van der Waals surface area contributed by atoms with Crippen LogP contribution in [-0.2, 0) is 4.74 Å². The Bertz CT molecular complexity index is 414. The fourth-order valence-electron chi connectivity index (χ4n) is 1.74. The number of hydrogen-bond acceptors (Lipinski definition) is 3. The van der Waals surface area contributed by atoms with Crippen molar-refractivity contribution in [1.29, 1.82) is 0 Å². The van der Waals surface area contributed by atoms with E-state index >= 15 is 0 Å². The van der Waals surface area contributed by atoms with Crippen LogP contribution in [0.4, 0.5) is 4.79 Å². The van der Waals surface area contributed by atoms with Gasteiger partial charge in [0.05, 0.1) is 6.26 Å². The van der Waals surface area contributed by atoms with Crippen LogP contribution in [-0.4, -0.2) is 23.1 Å². The van der Waals surface area contributed by atoms with Gasteiger partial charge in [0.2, 0.25) is 0 Å². The molecule has 1 amide bonds. The third-order valence-electron chi connectivity index (χ3n) is 2.42. The molecule has 0 spiro atoms. The van der Waals surface area contributed by atoms with E-state index in [0.717, 1.165) is 5.76 Å². The highest BCUT2D eigenvalue weighted by atomic mass is 16.6. The van der Waals surface area contributed by atoms with E-state index in [-0.39, 0.29) is 12.1 Å². The van der Waals surface area contributed by atoms with E-state index in [9.17, 15) is 4.79 Å². The third-order valence-corrected chi connectivity index (χ3v) is 2.42. The molecule has 2 heterocycles. The fourth-order valence-corrected chi connectivity index (χ4v) is 1.74. The minimum atomic E-state index is -0.479. The summed E-state index contributed by atoms with van der Waals surface area (Å²) in [5, 5.41) is 0. The van der Waals surface area contributed by atoms with E-state index in [4.69, 9.17) is 9.15 Å². The molecule has 1 aromatic heterocycles. The number of hydrogen-bond donors (Lipinski definition) is 0. The van der Waals surface area contributed by atoms with Crippen LogP contribution in [0.1, 0.15) is 32.6 Å². The first-order valence-electron chi connectivity index (χ1n) is 5.67. The highest BCUT2D eigenvalue weighted by Gasteiger charge is 2.31. The summed E-state index contributed by atoms with van der Waals surface area (Å²) in [5.41, 5.74) is -0.479. The van der Waals surface area contributed by atoms with E-state index in [1.807, 2.05) is 45.1 Å². The van der Waals surface area contributed by atoms with Crippen LogP contribution < -0.4 is 0 Å².